The number of fused-ring (bicyclic) bond motifs is 1. The highest BCUT2D eigenvalue weighted by atomic mass is 16.8. The first-order valence-corrected chi connectivity index (χ1v) is 8.69. The molecule has 0 amide bonds. The zero-order chi connectivity index (χ0) is 16.1. The van der Waals surface area contributed by atoms with E-state index in [1.165, 1.54) is 0 Å². The van der Waals surface area contributed by atoms with Gasteiger partial charge in [-0.05, 0) is 18.9 Å². The lowest BCUT2D eigenvalue weighted by atomic mass is 9.86. The van der Waals surface area contributed by atoms with Crippen LogP contribution in [0.25, 0.3) is 0 Å². The summed E-state index contributed by atoms with van der Waals surface area (Å²) in [6.07, 6.45) is 7.45. The summed E-state index contributed by atoms with van der Waals surface area (Å²) in [5, 5.41) is 18.7. The fraction of sp³-hybridized carbons (Fsp3) is 0.882. The van der Waals surface area contributed by atoms with Gasteiger partial charge in [0.25, 0.3) is 0 Å². The minimum atomic E-state index is -0.775. The van der Waals surface area contributed by atoms with Gasteiger partial charge in [-0.3, -0.25) is 0 Å². The summed E-state index contributed by atoms with van der Waals surface area (Å²) < 4.78 is 24.6. The maximum Gasteiger partial charge on any atom is 0.191 e. The van der Waals surface area contributed by atoms with Gasteiger partial charge in [0.2, 0.25) is 0 Å². The zero-order valence-electron chi connectivity index (χ0n) is 13.5. The minimum Gasteiger partial charge on any atom is -0.394 e. The van der Waals surface area contributed by atoms with Crippen LogP contribution >= 0.6 is 0 Å². The van der Waals surface area contributed by atoms with Gasteiger partial charge in [0.15, 0.2) is 11.6 Å². The van der Waals surface area contributed by atoms with E-state index in [0.29, 0.717) is 12.8 Å². The van der Waals surface area contributed by atoms with E-state index in [2.05, 4.69) is 6.92 Å². The summed E-state index contributed by atoms with van der Waals surface area (Å²) >= 11 is 0. The summed E-state index contributed by atoms with van der Waals surface area (Å²) in [5.74, 6) is -1.24. The number of aliphatic hydroxyl groups excluding tert-OH is 2. The van der Waals surface area contributed by atoms with Gasteiger partial charge in [-0.25, -0.2) is 0 Å². The third-order valence-electron chi connectivity index (χ3n) is 5.68. The molecular formula is C17H26O6. The van der Waals surface area contributed by atoms with E-state index in [0.717, 1.165) is 19.3 Å². The molecule has 7 atom stereocenters. The minimum absolute atomic E-state index is 0.00439. The van der Waals surface area contributed by atoms with Crippen LogP contribution in [0.3, 0.4) is 0 Å². The number of hydrogen-bond acceptors (Lipinski definition) is 6. The molecule has 6 nitrogen and oxygen atoms in total. The van der Waals surface area contributed by atoms with Crippen LogP contribution in [0, 0.1) is 5.92 Å². The molecule has 0 bridgehead atoms. The average Bonchev–Trinajstić information content (AvgIpc) is 3.10. The standard InChI is InChI=1S/C17H26O6/c1-11-7-14-15(8-13(10-19)20-14)22-17(11)6-5-16(23-17)4-2-3-12(9-18)21-16/h2,4,11-15,18-19H,3,5-10H2,1H3/t11-,12-,13+,14-,15-,16-,17+/m0/s1. The normalized spacial score (nSPS) is 52.4. The van der Waals surface area contributed by atoms with Gasteiger partial charge in [0.1, 0.15) is 0 Å². The Morgan fingerprint density at radius 3 is 2.65 bits per heavy atom. The maximum absolute atomic E-state index is 9.38. The van der Waals surface area contributed by atoms with E-state index in [4.69, 9.17) is 18.9 Å². The second-order valence-electron chi connectivity index (χ2n) is 7.29. The summed E-state index contributed by atoms with van der Waals surface area (Å²) in [5.41, 5.74) is 0. The second-order valence-corrected chi connectivity index (χ2v) is 7.29. The number of aliphatic hydroxyl groups is 2. The molecule has 0 aromatic heterocycles. The lowest BCUT2D eigenvalue weighted by molar-refractivity contribution is -0.358. The lowest BCUT2D eigenvalue weighted by Crippen LogP contribution is -2.53. The maximum atomic E-state index is 9.38. The molecule has 6 heteroatoms. The van der Waals surface area contributed by atoms with Crippen molar-refractivity contribution in [1.82, 2.24) is 0 Å². The second kappa shape index (κ2) is 5.79. The van der Waals surface area contributed by atoms with Crippen LogP contribution in [0.2, 0.25) is 0 Å². The van der Waals surface area contributed by atoms with Gasteiger partial charge < -0.3 is 29.2 Å². The topological polar surface area (TPSA) is 77.4 Å². The molecule has 0 aromatic carbocycles. The Morgan fingerprint density at radius 1 is 1.04 bits per heavy atom. The average molecular weight is 326 g/mol. The SMILES string of the molecule is C[C@H]1C[C@@H]2O[C@@H](CO)C[C@@H]2O[C@@]12CC[C@]1(C=CC[C@@H](CO)O1)O2. The molecule has 3 saturated heterocycles. The number of ether oxygens (including phenoxy) is 4. The molecule has 4 aliphatic rings. The molecule has 0 saturated carbocycles. The van der Waals surface area contributed by atoms with Crippen molar-refractivity contribution in [1.29, 1.82) is 0 Å². The Kier molecular flexibility index (Phi) is 4.03. The van der Waals surface area contributed by atoms with Crippen molar-refractivity contribution in [3.63, 3.8) is 0 Å². The molecule has 2 N–H and O–H groups in total. The summed E-state index contributed by atoms with van der Waals surface area (Å²) in [6, 6.07) is 0. The molecule has 2 spiro atoms. The van der Waals surface area contributed by atoms with Gasteiger partial charge in [-0.1, -0.05) is 13.0 Å². The fourth-order valence-corrected chi connectivity index (χ4v) is 4.40. The first kappa shape index (κ1) is 16.0. The summed E-state index contributed by atoms with van der Waals surface area (Å²) in [7, 11) is 0. The number of rotatable bonds is 2. The van der Waals surface area contributed by atoms with Crippen molar-refractivity contribution in [2.45, 2.75) is 75.0 Å². The van der Waals surface area contributed by atoms with E-state index in [-0.39, 0.29) is 43.5 Å². The van der Waals surface area contributed by atoms with E-state index in [1.54, 1.807) is 0 Å². The zero-order valence-corrected chi connectivity index (χ0v) is 13.5. The monoisotopic (exact) mass is 326 g/mol. The predicted octanol–water partition coefficient (Wildman–Crippen LogP) is 1.10. The predicted molar refractivity (Wildman–Crippen MR) is 80.5 cm³/mol. The van der Waals surface area contributed by atoms with Crippen LogP contribution < -0.4 is 0 Å². The quantitative estimate of drug-likeness (QED) is 0.740. The Balaban J connectivity index is 1.51. The molecule has 4 rings (SSSR count). The highest BCUT2D eigenvalue weighted by Gasteiger charge is 2.59. The van der Waals surface area contributed by atoms with E-state index >= 15 is 0 Å². The van der Waals surface area contributed by atoms with Crippen LogP contribution in [-0.4, -0.2) is 59.4 Å². The van der Waals surface area contributed by atoms with E-state index in [1.807, 2.05) is 12.2 Å². The molecule has 4 heterocycles. The molecule has 3 fully saturated rings. The fourth-order valence-electron chi connectivity index (χ4n) is 4.40. The van der Waals surface area contributed by atoms with Crippen molar-refractivity contribution in [3.8, 4) is 0 Å². The van der Waals surface area contributed by atoms with Gasteiger partial charge >= 0.3 is 0 Å². The number of hydrogen-bond donors (Lipinski definition) is 2. The third kappa shape index (κ3) is 2.65. The van der Waals surface area contributed by atoms with Crippen molar-refractivity contribution >= 4 is 0 Å². The molecule has 0 aromatic rings. The van der Waals surface area contributed by atoms with Gasteiger partial charge in [-0.2, -0.15) is 0 Å². The van der Waals surface area contributed by atoms with Crippen LogP contribution in [0.5, 0.6) is 0 Å². The Hall–Kier alpha value is -0.500. The highest BCUT2D eigenvalue weighted by molar-refractivity contribution is 5.08. The molecular weight excluding hydrogens is 300 g/mol. The Bertz CT molecular complexity index is 482. The molecule has 0 radical (unpaired) electrons. The summed E-state index contributed by atoms with van der Waals surface area (Å²) in [4.78, 5) is 0. The van der Waals surface area contributed by atoms with Crippen molar-refractivity contribution in [2.24, 2.45) is 5.92 Å². The van der Waals surface area contributed by atoms with Crippen LogP contribution in [0.15, 0.2) is 12.2 Å². The molecule has 4 aliphatic heterocycles. The van der Waals surface area contributed by atoms with Gasteiger partial charge in [-0.15, -0.1) is 0 Å². The first-order valence-electron chi connectivity index (χ1n) is 8.69. The largest absolute Gasteiger partial charge is 0.394 e. The van der Waals surface area contributed by atoms with Crippen molar-refractivity contribution in [3.05, 3.63) is 12.2 Å². The highest BCUT2D eigenvalue weighted by Crippen LogP contribution is 2.52. The molecule has 0 aliphatic carbocycles. The van der Waals surface area contributed by atoms with Crippen LogP contribution in [0.1, 0.15) is 39.0 Å². The smallest absolute Gasteiger partial charge is 0.191 e. The van der Waals surface area contributed by atoms with E-state index < -0.39 is 11.6 Å². The Labute approximate surface area is 136 Å². The lowest BCUT2D eigenvalue weighted by Gasteiger charge is -2.45. The van der Waals surface area contributed by atoms with Crippen LogP contribution in [-0.2, 0) is 18.9 Å². The molecule has 0 unspecified atom stereocenters. The van der Waals surface area contributed by atoms with Gasteiger partial charge in [0.05, 0.1) is 37.6 Å². The third-order valence-corrected chi connectivity index (χ3v) is 5.68. The summed E-state index contributed by atoms with van der Waals surface area (Å²) in [6.45, 7) is 2.16. The van der Waals surface area contributed by atoms with Crippen molar-refractivity contribution in [2.75, 3.05) is 13.2 Å². The van der Waals surface area contributed by atoms with Gasteiger partial charge in [0, 0.05) is 25.2 Å². The van der Waals surface area contributed by atoms with E-state index in [9.17, 15) is 10.2 Å². The molecule has 23 heavy (non-hydrogen) atoms. The van der Waals surface area contributed by atoms with Crippen molar-refractivity contribution < 1.29 is 29.2 Å². The Morgan fingerprint density at radius 2 is 1.87 bits per heavy atom. The molecule has 130 valence electrons. The van der Waals surface area contributed by atoms with Crippen LogP contribution in [0.4, 0.5) is 0 Å². The first-order chi connectivity index (χ1) is 11.1.